The third kappa shape index (κ3) is 4.46. The fourth-order valence-electron chi connectivity index (χ4n) is 0.690. The molecule has 0 aromatic heterocycles. The van der Waals surface area contributed by atoms with Gasteiger partial charge < -0.3 is 15.9 Å². The van der Waals surface area contributed by atoms with Gasteiger partial charge in [-0.3, -0.25) is 0 Å². The minimum Gasteiger partial charge on any atom is -0.628 e. The quantitative estimate of drug-likeness (QED) is 0.304. The van der Waals surface area contributed by atoms with Gasteiger partial charge in [0.05, 0.1) is 32.8 Å². The molecule has 0 spiro atoms. The van der Waals surface area contributed by atoms with Gasteiger partial charge in [-0.15, -0.1) is 0 Å². The molecule has 0 heterocycles. The predicted molar refractivity (Wildman–Crippen MR) is 39.3 cm³/mol. The van der Waals surface area contributed by atoms with Crippen molar-refractivity contribution in [1.29, 1.82) is 0 Å². The standard InChI is InChI=1S/C6H15N3O2/c1-8(2)9(4-3-7)5-6(10)11/h5,10-11H,3-4,7H2,1-2H3. The lowest BCUT2D eigenvalue weighted by Crippen LogP contribution is -3.12. The van der Waals surface area contributed by atoms with Gasteiger partial charge in [0.15, 0.2) is 0 Å². The maximum Gasteiger partial charge on any atom is 0.0888 e. The summed E-state index contributed by atoms with van der Waals surface area (Å²) in [6, 6.07) is 0. The number of rotatable bonds is 4. The molecule has 0 rings (SSSR count). The molecule has 0 aliphatic carbocycles. The maximum absolute atomic E-state index is 10.2. The van der Waals surface area contributed by atoms with Crippen molar-refractivity contribution in [2.75, 3.05) is 27.2 Å². The Balaban J connectivity index is 4.00. The molecule has 0 aliphatic rings. The Hall–Kier alpha value is -0.940. The summed E-state index contributed by atoms with van der Waals surface area (Å²) in [6.07, 6.45) is 1.13. The molecule has 0 saturated heterocycles. The molecule has 66 valence electrons. The largest absolute Gasteiger partial charge is 0.628 e. The van der Waals surface area contributed by atoms with Gasteiger partial charge in [0.2, 0.25) is 0 Å². The summed E-state index contributed by atoms with van der Waals surface area (Å²) in [5.74, 6) is -0.945. The lowest BCUT2D eigenvalue weighted by molar-refractivity contribution is -0.973. The number of nitrogens with one attached hydrogen (secondary N) is 1. The zero-order chi connectivity index (χ0) is 8.85. The number of nitrogens with zero attached hydrogens (tertiary/aromatic N) is 1. The molecule has 0 fully saturated rings. The number of hydrogen-bond acceptors (Lipinski definition) is 4. The Labute approximate surface area is 66.3 Å². The Bertz CT molecular complexity index is 132. The van der Waals surface area contributed by atoms with E-state index in [9.17, 15) is 5.11 Å². The highest BCUT2D eigenvalue weighted by molar-refractivity contribution is 4.73. The Morgan fingerprint density at radius 1 is 1.73 bits per heavy atom. The van der Waals surface area contributed by atoms with Crippen LogP contribution in [0.2, 0.25) is 0 Å². The first-order valence-electron chi connectivity index (χ1n) is 3.42. The van der Waals surface area contributed by atoms with Gasteiger partial charge >= 0.3 is 0 Å². The molecule has 5 nitrogen and oxygen atoms in total. The molecule has 0 saturated carbocycles. The van der Waals surface area contributed by atoms with E-state index in [0.717, 1.165) is 11.2 Å². The second-order valence-corrected chi connectivity index (χ2v) is 2.40. The zero-order valence-corrected chi connectivity index (χ0v) is 6.87. The van der Waals surface area contributed by atoms with Gasteiger partial charge in [-0.2, -0.15) is 0 Å². The van der Waals surface area contributed by atoms with Crippen molar-refractivity contribution < 1.29 is 15.2 Å². The van der Waals surface area contributed by atoms with Gasteiger partial charge in [0.25, 0.3) is 0 Å². The molecule has 0 bridgehead atoms. The van der Waals surface area contributed by atoms with Crippen molar-refractivity contribution in [2.24, 2.45) is 5.73 Å². The van der Waals surface area contributed by atoms with Crippen LogP contribution in [0.4, 0.5) is 0 Å². The summed E-state index contributed by atoms with van der Waals surface area (Å²) in [6.45, 7) is 1.00. The Morgan fingerprint density at radius 2 is 2.27 bits per heavy atom. The normalized spacial score (nSPS) is 12.2. The van der Waals surface area contributed by atoms with Gasteiger partial charge in [-0.05, 0) is 0 Å². The topological polar surface area (TPSA) is 77.0 Å². The van der Waals surface area contributed by atoms with Crippen LogP contribution in [-0.2, 0) is 0 Å². The molecule has 0 amide bonds. The minimum atomic E-state index is -0.945. The van der Waals surface area contributed by atoms with Crippen LogP contribution in [0.1, 0.15) is 0 Å². The molecule has 0 atom stereocenters. The predicted octanol–water partition coefficient (Wildman–Crippen LogP) is -2.98. The van der Waals surface area contributed by atoms with E-state index >= 15 is 0 Å². The highest BCUT2D eigenvalue weighted by Gasteiger charge is 2.02. The van der Waals surface area contributed by atoms with Crippen LogP contribution in [0.3, 0.4) is 0 Å². The summed E-state index contributed by atoms with van der Waals surface area (Å²) in [5, 5.41) is 21.2. The van der Waals surface area contributed by atoms with E-state index in [-0.39, 0.29) is 0 Å². The summed E-state index contributed by atoms with van der Waals surface area (Å²) in [4.78, 5) is 0. The number of aliphatic hydroxyl groups excluding tert-OH is 1. The highest BCUT2D eigenvalue weighted by atomic mass is 16.5. The summed E-state index contributed by atoms with van der Waals surface area (Å²) in [7, 11) is 3.68. The number of hydrogen-bond donors (Lipinski definition) is 3. The third-order valence-corrected chi connectivity index (χ3v) is 1.21. The molecule has 0 unspecified atom stereocenters. The van der Waals surface area contributed by atoms with Crippen molar-refractivity contribution in [3.05, 3.63) is 12.1 Å². The Kier molecular flexibility index (Phi) is 4.40. The van der Waals surface area contributed by atoms with Gasteiger partial charge in [0, 0.05) is 6.54 Å². The van der Waals surface area contributed by atoms with E-state index in [2.05, 4.69) is 0 Å². The molecule has 0 aromatic carbocycles. The van der Waals surface area contributed by atoms with Crippen LogP contribution >= 0.6 is 0 Å². The smallest absolute Gasteiger partial charge is 0.0888 e. The Morgan fingerprint density at radius 3 is 2.55 bits per heavy atom. The van der Waals surface area contributed by atoms with Crippen LogP contribution in [0.25, 0.3) is 0 Å². The summed E-state index contributed by atoms with van der Waals surface area (Å²) in [5.41, 5.74) is 5.27. The molecule has 0 aromatic rings. The fraction of sp³-hybridized carbons (Fsp3) is 0.667. The number of nitrogens with two attached hydrogens (primary N) is 1. The zero-order valence-electron chi connectivity index (χ0n) is 6.87. The van der Waals surface area contributed by atoms with E-state index in [4.69, 9.17) is 10.8 Å². The van der Waals surface area contributed by atoms with Gasteiger partial charge in [0.1, 0.15) is 0 Å². The van der Waals surface area contributed by atoms with Gasteiger partial charge in [-0.1, -0.05) is 0 Å². The SMILES string of the molecule is C[NH+](C)N(/C=C(/[O-])O)CCN. The second kappa shape index (κ2) is 4.81. The lowest BCUT2D eigenvalue weighted by atomic mass is 10.6. The molecule has 0 aliphatic heterocycles. The van der Waals surface area contributed by atoms with E-state index < -0.39 is 5.95 Å². The van der Waals surface area contributed by atoms with Crippen LogP contribution in [0.15, 0.2) is 12.1 Å². The summed E-state index contributed by atoms with van der Waals surface area (Å²) >= 11 is 0. The monoisotopic (exact) mass is 161 g/mol. The van der Waals surface area contributed by atoms with Crippen molar-refractivity contribution in [3.8, 4) is 0 Å². The molecular formula is C6H15N3O2. The van der Waals surface area contributed by atoms with E-state index in [1.54, 1.807) is 5.01 Å². The first-order valence-corrected chi connectivity index (χ1v) is 3.42. The third-order valence-electron chi connectivity index (χ3n) is 1.21. The first-order chi connectivity index (χ1) is 5.07. The lowest BCUT2D eigenvalue weighted by Gasteiger charge is -2.23. The van der Waals surface area contributed by atoms with E-state index in [0.29, 0.717) is 13.1 Å². The van der Waals surface area contributed by atoms with Crippen molar-refractivity contribution in [2.45, 2.75) is 0 Å². The van der Waals surface area contributed by atoms with E-state index in [1.165, 1.54) is 0 Å². The second-order valence-electron chi connectivity index (χ2n) is 2.40. The average Bonchev–Trinajstić information content (AvgIpc) is 1.86. The van der Waals surface area contributed by atoms with Crippen molar-refractivity contribution >= 4 is 0 Å². The van der Waals surface area contributed by atoms with Crippen molar-refractivity contribution in [1.82, 2.24) is 5.01 Å². The van der Waals surface area contributed by atoms with Crippen LogP contribution in [0.5, 0.6) is 0 Å². The molecular weight excluding hydrogens is 146 g/mol. The van der Waals surface area contributed by atoms with Crippen LogP contribution in [-0.4, -0.2) is 37.3 Å². The van der Waals surface area contributed by atoms with Crippen LogP contribution < -0.4 is 15.8 Å². The minimum absolute atomic E-state index is 0.453. The first kappa shape index (κ1) is 10.1. The van der Waals surface area contributed by atoms with Gasteiger partial charge in [-0.25, -0.2) is 10.0 Å². The fourth-order valence-corrected chi connectivity index (χ4v) is 0.690. The molecule has 5 heteroatoms. The molecule has 0 radical (unpaired) electrons. The summed E-state index contributed by atoms with van der Waals surface area (Å²) < 4.78 is 0. The highest BCUT2D eigenvalue weighted by Crippen LogP contribution is 1.78. The molecule has 11 heavy (non-hydrogen) atoms. The average molecular weight is 161 g/mol. The van der Waals surface area contributed by atoms with E-state index in [1.807, 2.05) is 14.1 Å². The van der Waals surface area contributed by atoms with Crippen LogP contribution in [0, 0.1) is 0 Å². The number of quaternary nitrogens is 1. The van der Waals surface area contributed by atoms with Crippen molar-refractivity contribution in [3.63, 3.8) is 0 Å². The molecule has 4 N–H and O–H groups in total. The number of aliphatic hydroxyl groups is 1. The maximum atomic E-state index is 10.2.